The van der Waals surface area contributed by atoms with Gasteiger partial charge in [-0.2, -0.15) is 0 Å². The van der Waals surface area contributed by atoms with Crippen molar-refractivity contribution in [3.8, 4) is 0 Å². The van der Waals surface area contributed by atoms with Crippen LogP contribution >= 0.6 is 0 Å². The van der Waals surface area contributed by atoms with Crippen molar-refractivity contribution in [1.29, 1.82) is 0 Å². The van der Waals surface area contributed by atoms with E-state index in [1.807, 2.05) is 18.3 Å². The van der Waals surface area contributed by atoms with E-state index in [1.165, 1.54) is 6.42 Å². The highest BCUT2D eigenvalue weighted by molar-refractivity contribution is 5.87. The first-order chi connectivity index (χ1) is 8.62. The maximum atomic E-state index is 12.7. The first kappa shape index (κ1) is 11.7. The number of aromatic nitrogens is 1. The summed E-state index contributed by atoms with van der Waals surface area (Å²) in [6.45, 7) is 5.40. The van der Waals surface area contributed by atoms with Crippen LogP contribution in [0, 0.1) is 5.41 Å². The third-order valence-electron chi connectivity index (χ3n) is 4.65. The summed E-state index contributed by atoms with van der Waals surface area (Å²) in [6.07, 6.45) is 7.16. The summed E-state index contributed by atoms with van der Waals surface area (Å²) in [5.41, 5.74) is 1.09. The lowest BCUT2D eigenvalue weighted by molar-refractivity contribution is -0.130. The van der Waals surface area contributed by atoms with Crippen molar-refractivity contribution >= 4 is 5.91 Å². The van der Waals surface area contributed by atoms with Crippen molar-refractivity contribution in [3.63, 3.8) is 0 Å². The highest BCUT2D eigenvalue weighted by Crippen LogP contribution is 2.50. The van der Waals surface area contributed by atoms with Gasteiger partial charge in [0.05, 0.1) is 5.92 Å². The number of hydrogen-bond acceptors (Lipinski definition) is 2. The number of pyridine rings is 1. The number of hydrogen-bond donors (Lipinski definition) is 0. The molecule has 0 aliphatic carbocycles. The van der Waals surface area contributed by atoms with E-state index in [4.69, 9.17) is 0 Å². The Morgan fingerprint density at radius 1 is 1.39 bits per heavy atom. The second kappa shape index (κ2) is 4.08. The zero-order valence-corrected chi connectivity index (χ0v) is 11.1. The van der Waals surface area contributed by atoms with Crippen LogP contribution in [0.3, 0.4) is 0 Å². The summed E-state index contributed by atoms with van der Waals surface area (Å²) in [7, 11) is 0. The Kier molecular flexibility index (Phi) is 2.65. The average molecular weight is 244 g/mol. The van der Waals surface area contributed by atoms with Crippen molar-refractivity contribution in [2.75, 3.05) is 6.54 Å². The molecule has 3 heterocycles. The van der Waals surface area contributed by atoms with Crippen LogP contribution < -0.4 is 0 Å². The molecule has 0 saturated carbocycles. The van der Waals surface area contributed by atoms with Gasteiger partial charge < -0.3 is 4.90 Å². The Morgan fingerprint density at radius 3 is 2.89 bits per heavy atom. The van der Waals surface area contributed by atoms with Gasteiger partial charge >= 0.3 is 0 Å². The standard InChI is InChI=1S/C15H20N2O/c1-15(2)12-7-3-4-9-17(12)14(18)13(15)11-6-5-8-16-10-11/h5-6,8,10,12-13H,3-4,7,9H2,1-2H3. The second-order valence-electron chi connectivity index (χ2n) is 6.08. The summed E-state index contributed by atoms with van der Waals surface area (Å²) < 4.78 is 0. The highest BCUT2D eigenvalue weighted by atomic mass is 16.2. The third kappa shape index (κ3) is 1.57. The Hall–Kier alpha value is -1.38. The summed E-state index contributed by atoms with van der Waals surface area (Å²) in [5.74, 6) is 0.284. The number of piperidine rings is 1. The molecule has 1 aromatic heterocycles. The molecule has 2 saturated heterocycles. The van der Waals surface area contributed by atoms with Gasteiger partial charge in [-0.3, -0.25) is 9.78 Å². The number of rotatable bonds is 1. The molecule has 0 bridgehead atoms. The molecule has 1 amide bonds. The molecule has 2 atom stereocenters. The van der Waals surface area contributed by atoms with Crippen LogP contribution in [0.4, 0.5) is 0 Å². The fourth-order valence-corrected chi connectivity index (χ4v) is 3.76. The Morgan fingerprint density at radius 2 is 2.22 bits per heavy atom. The van der Waals surface area contributed by atoms with Crippen molar-refractivity contribution < 1.29 is 4.79 Å². The van der Waals surface area contributed by atoms with E-state index >= 15 is 0 Å². The minimum absolute atomic E-state index is 0.0144. The van der Waals surface area contributed by atoms with E-state index in [-0.39, 0.29) is 11.3 Å². The molecular formula is C15H20N2O. The molecule has 0 radical (unpaired) electrons. The largest absolute Gasteiger partial charge is 0.339 e. The smallest absolute Gasteiger partial charge is 0.231 e. The van der Waals surface area contributed by atoms with Crippen LogP contribution in [0.25, 0.3) is 0 Å². The van der Waals surface area contributed by atoms with E-state index in [1.54, 1.807) is 6.20 Å². The number of amides is 1. The van der Waals surface area contributed by atoms with Crippen molar-refractivity contribution in [2.24, 2.45) is 5.41 Å². The molecule has 0 N–H and O–H groups in total. The van der Waals surface area contributed by atoms with E-state index in [2.05, 4.69) is 23.7 Å². The van der Waals surface area contributed by atoms with Crippen LogP contribution in [-0.4, -0.2) is 28.4 Å². The van der Waals surface area contributed by atoms with E-state index in [0.29, 0.717) is 11.9 Å². The van der Waals surface area contributed by atoms with Gasteiger partial charge in [0.25, 0.3) is 0 Å². The van der Waals surface area contributed by atoms with Crippen LogP contribution in [0.2, 0.25) is 0 Å². The normalized spacial score (nSPS) is 30.3. The molecular weight excluding hydrogens is 224 g/mol. The summed E-state index contributed by atoms with van der Waals surface area (Å²) in [4.78, 5) is 18.9. The Labute approximate surface area is 108 Å². The van der Waals surface area contributed by atoms with E-state index < -0.39 is 0 Å². The quantitative estimate of drug-likeness (QED) is 0.760. The van der Waals surface area contributed by atoms with Crippen LogP contribution in [0.15, 0.2) is 24.5 Å². The minimum atomic E-state index is -0.0192. The minimum Gasteiger partial charge on any atom is -0.339 e. The lowest BCUT2D eigenvalue weighted by Gasteiger charge is -2.37. The number of carbonyl (C=O) groups excluding carboxylic acids is 1. The van der Waals surface area contributed by atoms with Crippen molar-refractivity contribution in [3.05, 3.63) is 30.1 Å². The third-order valence-corrected chi connectivity index (χ3v) is 4.65. The van der Waals surface area contributed by atoms with Gasteiger partial charge in [0.1, 0.15) is 0 Å². The fourth-order valence-electron chi connectivity index (χ4n) is 3.76. The number of fused-ring (bicyclic) bond motifs is 1. The molecule has 2 aliphatic rings. The molecule has 2 fully saturated rings. The zero-order valence-electron chi connectivity index (χ0n) is 11.1. The maximum Gasteiger partial charge on any atom is 0.231 e. The average Bonchev–Trinajstić information content (AvgIpc) is 2.59. The zero-order chi connectivity index (χ0) is 12.8. The van der Waals surface area contributed by atoms with Gasteiger partial charge in [-0.05, 0) is 30.9 Å². The predicted octanol–water partition coefficient (Wildman–Crippen LogP) is 2.59. The summed E-state index contributed by atoms with van der Waals surface area (Å²) in [5, 5.41) is 0. The fraction of sp³-hybridized carbons (Fsp3) is 0.600. The van der Waals surface area contributed by atoms with Crippen molar-refractivity contribution in [1.82, 2.24) is 9.88 Å². The lowest BCUT2D eigenvalue weighted by Crippen LogP contribution is -2.41. The van der Waals surface area contributed by atoms with Crippen LogP contribution in [-0.2, 0) is 4.79 Å². The van der Waals surface area contributed by atoms with Gasteiger partial charge in [-0.15, -0.1) is 0 Å². The molecule has 1 aromatic rings. The molecule has 3 nitrogen and oxygen atoms in total. The van der Waals surface area contributed by atoms with Gasteiger partial charge in [0.2, 0.25) is 5.91 Å². The molecule has 2 unspecified atom stereocenters. The Balaban J connectivity index is 2.02. The van der Waals surface area contributed by atoms with Crippen LogP contribution in [0.1, 0.15) is 44.6 Å². The van der Waals surface area contributed by atoms with E-state index in [0.717, 1.165) is 24.9 Å². The number of carbonyl (C=O) groups is 1. The predicted molar refractivity (Wildman–Crippen MR) is 70.1 cm³/mol. The summed E-state index contributed by atoms with van der Waals surface area (Å²) >= 11 is 0. The van der Waals surface area contributed by atoms with Gasteiger partial charge in [0.15, 0.2) is 0 Å². The molecule has 0 aromatic carbocycles. The second-order valence-corrected chi connectivity index (χ2v) is 6.08. The molecule has 3 heteroatoms. The molecule has 96 valence electrons. The maximum absolute atomic E-state index is 12.7. The monoisotopic (exact) mass is 244 g/mol. The first-order valence-electron chi connectivity index (χ1n) is 6.83. The van der Waals surface area contributed by atoms with Gasteiger partial charge in [-0.1, -0.05) is 19.9 Å². The first-order valence-corrected chi connectivity index (χ1v) is 6.83. The van der Waals surface area contributed by atoms with E-state index in [9.17, 15) is 4.79 Å². The topological polar surface area (TPSA) is 33.2 Å². The lowest BCUT2D eigenvalue weighted by atomic mass is 9.72. The SMILES string of the molecule is CC1(C)C(c2cccnc2)C(=O)N2CCCCC21. The van der Waals surface area contributed by atoms with Crippen LogP contribution in [0.5, 0.6) is 0 Å². The molecule has 0 spiro atoms. The van der Waals surface area contributed by atoms with Gasteiger partial charge in [0, 0.05) is 30.4 Å². The Bertz CT molecular complexity index is 455. The molecule has 2 aliphatic heterocycles. The van der Waals surface area contributed by atoms with Crippen molar-refractivity contribution in [2.45, 2.75) is 45.1 Å². The van der Waals surface area contributed by atoms with Gasteiger partial charge in [-0.25, -0.2) is 0 Å². The highest BCUT2D eigenvalue weighted by Gasteiger charge is 2.54. The molecule has 18 heavy (non-hydrogen) atoms. The molecule has 3 rings (SSSR count). The number of nitrogens with zero attached hydrogens (tertiary/aromatic N) is 2. The summed E-state index contributed by atoms with van der Waals surface area (Å²) in [6, 6.07) is 4.37.